The van der Waals surface area contributed by atoms with Crippen molar-refractivity contribution in [3.63, 3.8) is 0 Å². The number of methoxy groups -OCH3 is 1. The molecule has 7 nitrogen and oxygen atoms in total. The van der Waals surface area contributed by atoms with Crippen molar-refractivity contribution >= 4 is 39.1 Å². The molecule has 0 fully saturated rings. The van der Waals surface area contributed by atoms with Gasteiger partial charge in [0.1, 0.15) is 11.4 Å². The van der Waals surface area contributed by atoms with Crippen LogP contribution in [0, 0.1) is 6.92 Å². The number of aromatic nitrogens is 2. The summed E-state index contributed by atoms with van der Waals surface area (Å²) < 4.78 is 5.99. The first-order chi connectivity index (χ1) is 15.0. The lowest BCUT2D eigenvalue weighted by Gasteiger charge is -2.09. The molecule has 0 aliphatic heterocycles. The molecule has 0 atom stereocenters. The Labute approximate surface area is 181 Å². The van der Waals surface area contributed by atoms with Gasteiger partial charge in [-0.2, -0.15) is 0 Å². The van der Waals surface area contributed by atoms with E-state index in [2.05, 4.69) is 10.3 Å². The molecule has 1 amide bonds. The maximum atomic E-state index is 13.2. The van der Waals surface area contributed by atoms with Crippen LogP contribution in [0.1, 0.15) is 15.2 Å². The number of ether oxygens (including phenoxy) is 1. The molecule has 156 valence electrons. The van der Waals surface area contributed by atoms with E-state index in [1.807, 2.05) is 37.3 Å². The van der Waals surface area contributed by atoms with Crippen molar-refractivity contribution in [2.75, 3.05) is 12.4 Å². The average molecular weight is 433 g/mol. The second kappa shape index (κ2) is 8.53. The molecule has 0 bridgehead atoms. The molecule has 4 rings (SSSR count). The smallest absolute Gasteiger partial charge is 0.337 e. The molecule has 0 radical (unpaired) electrons. The zero-order chi connectivity index (χ0) is 22.0. The number of thiophene rings is 1. The van der Waals surface area contributed by atoms with E-state index >= 15 is 0 Å². The second-order valence-corrected chi connectivity index (χ2v) is 8.08. The summed E-state index contributed by atoms with van der Waals surface area (Å²) in [6.45, 7) is 1.76. The third kappa shape index (κ3) is 4.10. The summed E-state index contributed by atoms with van der Waals surface area (Å²) in [7, 11) is 1.29. The molecule has 8 heteroatoms. The number of nitrogens with zero attached hydrogens (tertiary/aromatic N) is 2. The van der Waals surface area contributed by atoms with Crippen LogP contribution in [-0.2, 0) is 16.1 Å². The molecule has 4 aromatic rings. The number of carbonyl (C=O) groups is 2. The second-order valence-electron chi connectivity index (χ2n) is 6.88. The minimum absolute atomic E-state index is 0.201. The molecule has 0 saturated heterocycles. The van der Waals surface area contributed by atoms with E-state index in [9.17, 15) is 14.4 Å². The largest absolute Gasteiger partial charge is 0.465 e. The Morgan fingerprint density at radius 2 is 1.90 bits per heavy atom. The molecule has 2 heterocycles. The summed E-state index contributed by atoms with van der Waals surface area (Å²) in [6, 6.07) is 16.1. The monoisotopic (exact) mass is 433 g/mol. The Bertz CT molecular complexity index is 1340. The van der Waals surface area contributed by atoms with Crippen molar-refractivity contribution in [3.8, 4) is 11.1 Å². The van der Waals surface area contributed by atoms with Gasteiger partial charge in [0.2, 0.25) is 5.91 Å². The van der Waals surface area contributed by atoms with Crippen LogP contribution >= 0.6 is 11.3 Å². The van der Waals surface area contributed by atoms with E-state index in [0.29, 0.717) is 21.5 Å². The molecule has 0 aliphatic rings. The van der Waals surface area contributed by atoms with Crippen molar-refractivity contribution in [2.45, 2.75) is 13.5 Å². The highest BCUT2D eigenvalue weighted by molar-refractivity contribution is 7.19. The molecule has 0 saturated carbocycles. The van der Waals surface area contributed by atoms with Gasteiger partial charge in [0.15, 0.2) is 0 Å². The highest BCUT2D eigenvalue weighted by Crippen LogP contribution is 2.35. The Morgan fingerprint density at radius 1 is 1.13 bits per heavy atom. The van der Waals surface area contributed by atoms with Crippen LogP contribution in [-0.4, -0.2) is 28.5 Å². The predicted octanol–water partition coefficient (Wildman–Crippen LogP) is 3.86. The number of aryl methyl sites for hydroxylation is 1. The first-order valence-electron chi connectivity index (χ1n) is 9.50. The lowest BCUT2D eigenvalue weighted by molar-refractivity contribution is -0.116. The summed E-state index contributed by atoms with van der Waals surface area (Å²) >= 11 is 1.46. The van der Waals surface area contributed by atoms with E-state index in [4.69, 9.17) is 4.74 Å². The average Bonchev–Trinajstić information content (AvgIpc) is 3.12. The Morgan fingerprint density at radius 3 is 2.65 bits per heavy atom. The quantitative estimate of drug-likeness (QED) is 0.483. The first-order valence-corrected chi connectivity index (χ1v) is 10.3. The number of carbonyl (C=O) groups excluding carboxylic acids is 2. The fourth-order valence-corrected chi connectivity index (χ4v) is 4.40. The summed E-state index contributed by atoms with van der Waals surface area (Å²) in [5.74, 6) is -0.901. The van der Waals surface area contributed by atoms with E-state index < -0.39 is 11.9 Å². The number of benzene rings is 2. The van der Waals surface area contributed by atoms with Crippen molar-refractivity contribution < 1.29 is 14.3 Å². The Hall–Kier alpha value is -3.78. The minimum Gasteiger partial charge on any atom is -0.465 e. The van der Waals surface area contributed by atoms with E-state index in [-0.39, 0.29) is 12.1 Å². The number of esters is 1. The molecular formula is C23H19N3O4S. The molecule has 1 N–H and O–H groups in total. The number of anilines is 1. The number of hydrogen-bond donors (Lipinski definition) is 1. The van der Waals surface area contributed by atoms with Gasteiger partial charge in [0.05, 0.1) is 24.4 Å². The molecule has 0 unspecified atom stereocenters. The van der Waals surface area contributed by atoms with Crippen LogP contribution in [0.25, 0.3) is 21.3 Å². The van der Waals surface area contributed by atoms with Gasteiger partial charge in [-0.3, -0.25) is 14.2 Å². The van der Waals surface area contributed by atoms with Crippen molar-refractivity contribution in [3.05, 3.63) is 81.7 Å². The van der Waals surface area contributed by atoms with Crippen LogP contribution in [0.15, 0.2) is 65.7 Å². The number of amides is 1. The maximum Gasteiger partial charge on any atom is 0.337 e. The highest BCUT2D eigenvalue weighted by atomic mass is 32.1. The third-order valence-electron chi connectivity index (χ3n) is 4.80. The SMILES string of the molecule is COC(=O)c1cccc(NC(=O)Cn2cnc3sc(C)c(-c4ccccc4)c3c2=O)c1. The number of fused-ring (bicyclic) bond motifs is 1. The predicted molar refractivity (Wildman–Crippen MR) is 120 cm³/mol. The van der Waals surface area contributed by atoms with Gasteiger partial charge in [-0.1, -0.05) is 36.4 Å². The Kier molecular flexibility index (Phi) is 5.64. The van der Waals surface area contributed by atoms with Crippen LogP contribution < -0.4 is 10.9 Å². The number of nitrogens with one attached hydrogen (secondary N) is 1. The zero-order valence-corrected chi connectivity index (χ0v) is 17.7. The first kappa shape index (κ1) is 20.5. The third-order valence-corrected chi connectivity index (χ3v) is 5.81. The van der Waals surface area contributed by atoms with Gasteiger partial charge in [0.25, 0.3) is 5.56 Å². The fourth-order valence-electron chi connectivity index (χ4n) is 3.40. The Balaban J connectivity index is 1.64. The lowest BCUT2D eigenvalue weighted by atomic mass is 10.0. The van der Waals surface area contributed by atoms with E-state index in [0.717, 1.165) is 16.0 Å². The van der Waals surface area contributed by atoms with Gasteiger partial charge in [-0.25, -0.2) is 9.78 Å². The normalized spacial score (nSPS) is 10.8. The highest BCUT2D eigenvalue weighted by Gasteiger charge is 2.18. The van der Waals surface area contributed by atoms with Gasteiger partial charge in [-0.05, 0) is 30.7 Å². The van der Waals surface area contributed by atoms with E-state index in [1.165, 1.54) is 35.4 Å². The molecule has 2 aromatic carbocycles. The standard InChI is InChI=1S/C23H19N3O4S/c1-14-19(15-7-4-3-5-8-15)20-21(31-14)24-13-26(22(20)28)12-18(27)25-17-10-6-9-16(11-17)23(29)30-2/h3-11,13H,12H2,1-2H3,(H,25,27). The molecule has 31 heavy (non-hydrogen) atoms. The zero-order valence-electron chi connectivity index (χ0n) is 16.9. The van der Waals surface area contributed by atoms with Crippen LogP contribution in [0.2, 0.25) is 0 Å². The molecule has 0 aliphatic carbocycles. The topological polar surface area (TPSA) is 90.3 Å². The minimum atomic E-state index is -0.497. The van der Waals surface area contributed by atoms with Gasteiger partial charge in [0, 0.05) is 16.1 Å². The van der Waals surface area contributed by atoms with Crippen molar-refractivity contribution in [2.24, 2.45) is 0 Å². The van der Waals surface area contributed by atoms with Crippen LogP contribution in [0.4, 0.5) is 5.69 Å². The summed E-state index contributed by atoms with van der Waals surface area (Å²) in [6.07, 6.45) is 1.39. The van der Waals surface area contributed by atoms with Gasteiger partial charge < -0.3 is 10.1 Å². The van der Waals surface area contributed by atoms with Gasteiger partial charge in [-0.15, -0.1) is 11.3 Å². The van der Waals surface area contributed by atoms with Crippen LogP contribution in [0.3, 0.4) is 0 Å². The number of rotatable bonds is 5. The summed E-state index contributed by atoms with van der Waals surface area (Å²) in [5, 5.41) is 3.22. The molecule has 2 aromatic heterocycles. The fraction of sp³-hybridized carbons (Fsp3) is 0.130. The lowest BCUT2D eigenvalue weighted by Crippen LogP contribution is -2.27. The van der Waals surface area contributed by atoms with Crippen LogP contribution in [0.5, 0.6) is 0 Å². The van der Waals surface area contributed by atoms with Crippen molar-refractivity contribution in [1.82, 2.24) is 9.55 Å². The molecular weight excluding hydrogens is 414 g/mol. The number of hydrogen-bond acceptors (Lipinski definition) is 6. The molecule has 0 spiro atoms. The van der Waals surface area contributed by atoms with E-state index in [1.54, 1.807) is 18.2 Å². The van der Waals surface area contributed by atoms with Crippen molar-refractivity contribution in [1.29, 1.82) is 0 Å². The summed E-state index contributed by atoms with van der Waals surface area (Å²) in [4.78, 5) is 43.5. The summed E-state index contributed by atoms with van der Waals surface area (Å²) in [5.41, 5.74) is 2.27. The van der Waals surface area contributed by atoms with Gasteiger partial charge >= 0.3 is 5.97 Å². The maximum absolute atomic E-state index is 13.2.